The number of nitrogens with zero attached hydrogens (tertiary/aromatic N) is 2. The zero-order chi connectivity index (χ0) is 19.4. The first-order chi connectivity index (χ1) is 12.2. The molecule has 144 valence electrons. The van der Waals surface area contributed by atoms with Crippen LogP contribution in [0, 0.1) is 5.92 Å². The Labute approximate surface area is 155 Å². The number of amides is 3. The van der Waals surface area contributed by atoms with Crippen LogP contribution in [0.1, 0.15) is 31.1 Å². The minimum absolute atomic E-state index is 0.0256. The van der Waals surface area contributed by atoms with E-state index in [1.807, 2.05) is 27.9 Å². The molecule has 0 fully saturated rings. The number of fused-ring (bicyclic) bond motifs is 1. The minimum atomic E-state index is -0.299. The van der Waals surface area contributed by atoms with Gasteiger partial charge in [-0.2, -0.15) is 0 Å². The highest BCUT2D eigenvalue weighted by atomic mass is 16.5. The Morgan fingerprint density at radius 2 is 2.08 bits per heavy atom. The first-order valence-electron chi connectivity index (χ1n) is 8.95. The summed E-state index contributed by atoms with van der Waals surface area (Å²) in [6.45, 7) is 7.24. The van der Waals surface area contributed by atoms with Crippen molar-refractivity contribution < 1.29 is 14.3 Å². The van der Waals surface area contributed by atoms with Crippen molar-refractivity contribution in [1.82, 2.24) is 15.1 Å². The molecule has 0 unspecified atom stereocenters. The number of carbonyl (C=O) groups excluding carboxylic acids is 2. The van der Waals surface area contributed by atoms with Crippen LogP contribution in [-0.2, 0) is 0 Å². The highest BCUT2D eigenvalue weighted by Crippen LogP contribution is 2.29. The fourth-order valence-electron chi connectivity index (χ4n) is 3.00. The molecule has 1 aliphatic rings. The Balaban J connectivity index is 2.30. The summed E-state index contributed by atoms with van der Waals surface area (Å²) < 4.78 is 6.19. The molecule has 7 heteroatoms. The number of anilines is 1. The van der Waals surface area contributed by atoms with Crippen LogP contribution in [0.5, 0.6) is 5.75 Å². The lowest BCUT2D eigenvalue weighted by Crippen LogP contribution is -2.44. The largest absolute Gasteiger partial charge is 0.488 e. The zero-order valence-electron chi connectivity index (χ0n) is 16.5. The van der Waals surface area contributed by atoms with E-state index < -0.39 is 0 Å². The highest BCUT2D eigenvalue weighted by molar-refractivity contribution is 5.99. The fraction of sp³-hybridized carbons (Fsp3) is 0.579. The second kappa shape index (κ2) is 8.40. The third-order valence-electron chi connectivity index (χ3n) is 4.25. The molecule has 0 aromatic heterocycles. The fourth-order valence-corrected chi connectivity index (χ4v) is 3.00. The molecular formula is C19H30N4O3. The number of rotatable bonds is 4. The van der Waals surface area contributed by atoms with Crippen molar-refractivity contribution in [1.29, 1.82) is 0 Å². The van der Waals surface area contributed by atoms with Crippen LogP contribution in [0.25, 0.3) is 0 Å². The summed E-state index contributed by atoms with van der Waals surface area (Å²) >= 11 is 0. The van der Waals surface area contributed by atoms with Gasteiger partial charge in [-0.05, 0) is 46.1 Å². The van der Waals surface area contributed by atoms with Gasteiger partial charge in [-0.3, -0.25) is 4.79 Å². The van der Waals surface area contributed by atoms with E-state index in [1.165, 1.54) is 0 Å². The van der Waals surface area contributed by atoms with E-state index in [0.717, 1.165) is 6.54 Å². The number of likely N-dealkylation sites (N-methyl/N-ethyl adjacent to an activating group) is 1. The molecule has 0 aliphatic carbocycles. The summed E-state index contributed by atoms with van der Waals surface area (Å²) in [5, 5.41) is 5.53. The molecule has 1 heterocycles. The Morgan fingerprint density at radius 3 is 2.69 bits per heavy atom. The van der Waals surface area contributed by atoms with Gasteiger partial charge in [0.05, 0.1) is 5.56 Å². The first kappa shape index (κ1) is 20.0. The monoisotopic (exact) mass is 362 g/mol. The highest BCUT2D eigenvalue weighted by Gasteiger charge is 2.29. The number of urea groups is 1. The molecule has 1 aliphatic heterocycles. The Morgan fingerprint density at radius 1 is 1.38 bits per heavy atom. The number of hydrogen-bond acceptors (Lipinski definition) is 4. The van der Waals surface area contributed by atoms with Gasteiger partial charge in [0, 0.05) is 37.8 Å². The van der Waals surface area contributed by atoms with E-state index in [-0.39, 0.29) is 30.0 Å². The molecule has 0 radical (unpaired) electrons. The van der Waals surface area contributed by atoms with Gasteiger partial charge < -0.3 is 25.2 Å². The van der Waals surface area contributed by atoms with Crippen LogP contribution in [0.15, 0.2) is 18.2 Å². The molecule has 0 saturated carbocycles. The quantitative estimate of drug-likeness (QED) is 0.862. The smallest absolute Gasteiger partial charge is 0.319 e. The molecule has 7 nitrogen and oxygen atoms in total. The average Bonchev–Trinajstić information content (AvgIpc) is 2.52. The van der Waals surface area contributed by atoms with Crippen molar-refractivity contribution >= 4 is 17.6 Å². The Bertz CT molecular complexity index is 660. The summed E-state index contributed by atoms with van der Waals surface area (Å²) in [6, 6.07) is 4.92. The van der Waals surface area contributed by atoms with E-state index in [2.05, 4.69) is 22.5 Å². The van der Waals surface area contributed by atoms with Gasteiger partial charge in [0.1, 0.15) is 11.9 Å². The third kappa shape index (κ3) is 5.11. The lowest BCUT2D eigenvalue weighted by atomic mass is 10.0. The number of nitrogens with one attached hydrogen (secondary N) is 2. The van der Waals surface area contributed by atoms with Crippen LogP contribution < -0.4 is 15.4 Å². The lowest BCUT2D eigenvalue weighted by molar-refractivity contribution is 0.0576. The SMILES string of the molecule is CC(C)NC(=O)Nc1ccc2c(c1)C(=O)N(C)C[C@@H](C)[C@@H](CN(C)C)O2. The van der Waals surface area contributed by atoms with Gasteiger partial charge in [-0.1, -0.05) is 6.92 Å². The van der Waals surface area contributed by atoms with Gasteiger partial charge >= 0.3 is 6.03 Å². The summed E-state index contributed by atoms with van der Waals surface area (Å²) in [7, 11) is 5.81. The predicted molar refractivity (Wildman–Crippen MR) is 103 cm³/mol. The molecule has 0 saturated heterocycles. The van der Waals surface area contributed by atoms with Crippen molar-refractivity contribution in [3.05, 3.63) is 23.8 Å². The Hall–Kier alpha value is -2.28. The van der Waals surface area contributed by atoms with Crippen molar-refractivity contribution in [3.8, 4) is 5.75 Å². The second-order valence-corrected chi connectivity index (χ2v) is 7.55. The van der Waals surface area contributed by atoms with Crippen molar-refractivity contribution in [2.24, 2.45) is 5.92 Å². The molecule has 1 aromatic carbocycles. The normalized spacial score (nSPS) is 20.3. The molecule has 1 aromatic rings. The number of carbonyl (C=O) groups is 2. The summed E-state index contributed by atoms with van der Waals surface area (Å²) in [5.74, 6) is 0.646. The Kier molecular flexibility index (Phi) is 6.47. The standard InChI is InChI=1S/C19H30N4O3/c1-12(2)20-19(25)21-14-7-8-16-15(9-14)18(24)23(6)10-13(3)17(26-16)11-22(4)5/h7-9,12-13,17H,10-11H2,1-6H3,(H2,20,21,25)/t13-,17-/m1/s1. The topological polar surface area (TPSA) is 73.9 Å². The van der Waals surface area contributed by atoms with Gasteiger partial charge in [0.2, 0.25) is 0 Å². The van der Waals surface area contributed by atoms with Crippen LogP contribution in [-0.4, -0.2) is 68.1 Å². The van der Waals surface area contributed by atoms with Gasteiger partial charge in [0.15, 0.2) is 0 Å². The second-order valence-electron chi connectivity index (χ2n) is 7.55. The van der Waals surface area contributed by atoms with E-state index >= 15 is 0 Å². The van der Waals surface area contributed by atoms with E-state index in [0.29, 0.717) is 23.5 Å². The van der Waals surface area contributed by atoms with E-state index in [4.69, 9.17) is 4.74 Å². The maximum atomic E-state index is 12.8. The number of ether oxygens (including phenoxy) is 1. The van der Waals surface area contributed by atoms with E-state index in [9.17, 15) is 9.59 Å². The van der Waals surface area contributed by atoms with Crippen LogP contribution in [0.3, 0.4) is 0 Å². The van der Waals surface area contributed by atoms with Crippen LogP contribution in [0.4, 0.5) is 10.5 Å². The zero-order valence-corrected chi connectivity index (χ0v) is 16.5. The number of hydrogen-bond donors (Lipinski definition) is 2. The summed E-state index contributed by atoms with van der Waals surface area (Å²) in [6.07, 6.45) is -0.0256. The van der Waals surface area contributed by atoms with Crippen molar-refractivity contribution in [2.45, 2.75) is 32.9 Å². The first-order valence-corrected chi connectivity index (χ1v) is 8.95. The van der Waals surface area contributed by atoms with Crippen LogP contribution in [0.2, 0.25) is 0 Å². The molecule has 2 rings (SSSR count). The molecule has 2 atom stereocenters. The summed E-state index contributed by atoms with van der Waals surface area (Å²) in [4.78, 5) is 28.5. The predicted octanol–water partition coefficient (Wildman–Crippen LogP) is 2.25. The molecular weight excluding hydrogens is 332 g/mol. The molecule has 0 spiro atoms. The molecule has 3 amide bonds. The van der Waals surface area contributed by atoms with Gasteiger partial charge in [-0.25, -0.2) is 4.79 Å². The average molecular weight is 362 g/mol. The molecule has 0 bridgehead atoms. The van der Waals surface area contributed by atoms with Crippen molar-refractivity contribution in [3.63, 3.8) is 0 Å². The molecule has 2 N–H and O–H groups in total. The maximum Gasteiger partial charge on any atom is 0.319 e. The summed E-state index contributed by atoms with van der Waals surface area (Å²) in [5.41, 5.74) is 1.02. The maximum absolute atomic E-state index is 12.8. The van der Waals surface area contributed by atoms with E-state index in [1.54, 1.807) is 30.1 Å². The lowest BCUT2D eigenvalue weighted by Gasteiger charge is -2.34. The van der Waals surface area contributed by atoms with Crippen molar-refractivity contribution in [2.75, 3.05) is 39.5 Å². The van der Waals surface area contributed by atoms with Crippen LogP contribution >= 0.6 is 0 Å². The number of benzene rings is 1. The van der Waals surface area contributed by atoms with Gasteiger partial charge in [0.25, 0.3) is 5.91 Å². The third-order valence-corrected chi connectivity index (χ3v) is 4.25. The molecule has 26 heavy (non-hydrogen) atoms. The van der Waals surface area contributed by atoms with Gasteiger partial charge in [-0.15, -0.1) is 0 Å². The minimum Gasteiger partial charge on any atom is -0.488 e.